The van der Waals surface area contributed by atoms with E-state index in [-0.39, 0.29) is 12.1 Å². The number of halogens is 1. The van der Waals surface area contributed by atoms with Crippen LogP contribution >= 0.6 is 15.9 Å². The Hall–Kier alpha value is -1.30. The molecule has 6 heteroatoms. The van der Waals surface area contributed by atoms with Crippen LogP contribution in [0.15, 0.2) is 16.7 Å². The lowest BCUT2D eigenvalue weighted by atomic mass is 10.2. The molecule has 1 aromatic heterocycles. The number of carbonyl (C=O) groups is 1. The lowest BCUT2D eigenvalue weighted by Gasteiger charge is -2.24. The molecular weight excluding hydrogens is 334 g/mol. The van der Waals surface area contributed by atoms with Crippen molar-refractivity contribution in [3.63, 3.8) is 0 Å². The third-order valence-electron chi connectivity index (χ3n) is 3.25. The van der Waals surface area contributed by atoms with Crippen molar-refractivity contribution in [1.29, 1.82) is 0 Å². The molecule has 1 atom stereocenters. The van der Waals surface area contributed by atoms with Crippen LogP contribution in [0.3, 0.4) is 0 Å². The zero-order valence-corrected chi connectivity index (χ0v) is 14.5. The number of carbonyl (C=O) groups excluding carboxylic acids is 1. The molecule has 1 aromatic rings. The van der Waals surface area contributed by atoms with Gasteiger partial charge in [-0.05, 0) is 62.2 Å². The van der Waals surface area contributed by atoms with E-state index in [2.05, 4.69) is 26.2 Å². The summed E-state index contributed by atoms with van der Waals surface area (Å²) in [6.07, 6.45) is 0.673. The van der Waals surface area contributed by atoms with Crippen LogP contribution in [0.4, 0.5) is 10.5 Å². The first-order valence-electron chi connectivity index (χ1n) is 7.12. The van der Waals surface area contributed by atoms with Crippen molar-refractivity contribution in [3.8, 4) is 0 Å². The summed E-state index contributed by atoms with van der Waals surface area (Å²) in [5.74, 6) is 0. The molecule has 1 saturated heterocycles. The van der Waals surface area contributed by atoms with E-state index < -0.39 is 5.60 Å². The molecule has 2 rings (SSSR count). The SMILES string of the molecule is Cc1nc(Br)ccc1NC1CCN(C(=O)OC(C)(C)C)C1. The fraction of sp³-hybridized carbons (Fsp3) is 0.600. The van der Waals surface area contributed by atoms with E-state index in [0.29, 0.717) is 6.54 Å². The van der Waals surface area contributed by atoms with Crippen molar-refractivity contribution in [2.75, 3.05) is 18.4 Å². The Morgan fingerprint density at radius 1 is 1.48 bits per heavy atom. The first-order chi connectivity index (χ1) is 9.74. The summed E-state index contributed by atoms with van der Waals surface area (Å²) in [7, 11) is 0. The number of amides is 1. The van der Waals surface area contributed by atoms with E-state index >= 15 is 0 Å². The maximum Gasteiger partial charge on any atom is 0.410 e. The Balaban J connectivity index is 1.92. The minimum Gasteiger partial charge on any atom is -0.444 e. The minimum atomic E-state index is -0.450. The van der Waals surface area contributed by atoms with Gasteiger partial charge in [-0.15, -0.1) is 0 Å². The van der Waals surface area contributed by atoms with Gasteiger partial charge in [-0.1, -0.05) is 0 Å². The Labute approximate surface area is 134 Å². The Bertz CT molecular complexity index is 528. The van der Waals surface area contributed by atoms with E-state index in [1.165, 1.54) is 0 Å². The zero-order valence-electron chi connectivity index (χ0n) is 12.9. The quantitative estimate of drug-likeness (QED) is 0.823. The molecule has 5 nitrogen and oxygen atoms in total. The summed E-state index contributed by atoms with van der Waals surface area (Å²) < 4.78 is 6.23. The second kappa shape index (κ2) is 6.22. The molecule has 1 fully saturated rings. The van der Waals surface area contributed by atoms with Gasteiger partial charge < -0.3 is 15.0 Å². The maximum atomic E-state index is 12.0. The minimum absolute atomic E-state index is 0.235. The van der Waals surface area contributed by atoms with Gasteiger partial charge in [0.1, 0.15) is 10.2 Å². The van der Waals surface area contributed by atoms with E-state index in [1.54, 1.807) is 4.90 Å². The van der Waals surface area contributed by atoms with Crippen LogP contribution < -0.4 is 5.32 Å². The molecule has 0 spiro atoms. The van der Waals surface area contributed by atoms with Crippen LogP contribution in [-0.4, -0.2) is 40.7 Å². The molecule has 0 aliphatic carbocycles. The highest BCUT2D eigenvalue weighted by atomic mass is 79.9. The van der Waals surface area contributed by atoms with Crippen molar-refractivity contribution < 1.29 is 9.53 Å². The summed E-state index contributed by atoms with van der Waals surface area (Å²) in [4.78, 5) is 18.1. The molecule has 1 N–H and O–H groups in total. The van der Waals surface area contributed by atoms with Gasteiger partial charge in [0, 0.05) is 19.1 Å². The number of ether oxygens (including phenoxy) is 1. The number of nitrogens with one attached hydrogen (secondary N) is 1. The number of aryl methyl sites for hydroxylation is 1. The van der Waals surface area contributed by atoms with Gasteiger partial charge in [0.2, 0.25) is 0 Å². The number of hydrogen-bond acceptors (Lipinski definition) is 4. The Kier molecular flexibility index (Phi) is 4.76. The van der Waals surface area contributed by atoms with Crippen LogP contribution in [0.25, 0.3) is 0 Å². The molecule has 1 amide bonds. The summed E-state index contributed by atoms with van der Waals surface area (Å²) in [5, 5.41) is 3.45. The van der Waals surface area contributed by atoms with Crippen molar-refractivity contribution >= 4 is 27.7 Å². The molecule has 116 valence electrons. The molecule has 1 aliphatic rings. The average Bonchev–Trinajstić information content (AvgIpc) is 2.79. The zero-order chi connectivity index (χ0) is 15.6. The fourth-order valence-electron chi connectivity index (χ4n) is 2.27. The van der Waals surface area contributed by atoms with Crippen molar-refractivity contribution in [2.45, 2.75) is 45.8 Å². The Morgan fingerprint density at radius 2 is 2.19 bits per heavy atom. The molecule has 0 bridgehead atoms. The molecule has 2 heterocycles. The molecule has 21 heavy (non-hydrogen) atoms. The highest BCUT2D eigenvalue weighted by molar-refractivity contribution is 9.10. The summed E-state index contributed by atoms with van der Waals surface area (Å²) >= 11 is 3.36. The molecule has 0 saturated carbocycles. The van der Waals surface area contributed by atoms with Crippen LogP contribution in [0.1, 0.15) is 32.9 Å². The number of anilines is 1. The third kappa shape index (κ3) is 4.59. The van der Waals surface area contributed by atoms with Crippen LogP contribution in [0.5, 0.6) is 0 Å². The molecule has 1 unspecified atom stereocenters. The van der Waals surface area contributed by atoms with E-state index in [4.69, 9.17) is 4.74 Å². The number of likely N-dealkylation sites (tertiary alicyclic amines) is 1. The lowest BCUT2D eigenvalue weighted by Crippen LogP contribution is -2.36. The Morgan fingerprint density at radius 3 is 2.81 bits per heavy atom. The largest absolute Gasteiger partial charge is 0.444 e. The van der Waals surface area contributed by atoms with Gasteiger partial charge in [-0.2, -0.15) is 0 Å². The van der Waals surface area contributed by atoms with Crippen LogP contribution in [0.2, 0.25) is 0 Å². The van der Waals surface area contributed by atoms with Gasteiger partial charge in [0.05, 0.1) is 11.4 Å². The van der Waals surface area contributed by atoms with Crippen molar-refractivity contribution in [3.05, 3.63) is 22.4 Å². The molecule has 1 aliphatic heterocycles. The second-order valence-corrected chi connectivity index (χ2v) is 7.14. The van der Waals surface area contributed by atoms with Gasteiger partial charge in [0.25, 0.3) is 0 Å². The number of rotatable bonds is 2. The van der Waals surface area contributed by atoms with E-state index in [1.807, 2.05) is 39.8 Å². The third-order valence-corrected chi connectivity index (χ3v) is 3.69. The number of hydrogen-bond donors (Lipinski definition) is 1. The molecule has 0 radical (unpaired) electrons. The van der Waals surface area contributed by atoms with Crippen LogP contribution in [-0.2, 0) is 4.74 Å². The summed E-state index contributed by atoms with van der Waals surface area (Å²) in [6, 6.07) is 4.15. The predicted molar refractivity (Wildman–Crippen MR) is 86.5 cm³/mol. The normalized spacial score (nSPS) is 18.7. The van der Waals surface area contributed by atoms with Crippen molar-refractivity contribution in [1.82, 2.24) is 9.88 Å². The second-order valence-electron chi connectivity index (χ2n) is 6.32. The first-order valence-corrected chi connectivity index (χ1v) is 7.91. The van der Waals surface area contributed by atoms with Gasteiger partial charge in [-0.25, -0.2) is 9.78 Å². The maximum absolute atomic E-state index is 12.0. The smallest absolute Gasteiger partial charge is 0.410 e. The standard InChI is InChI=1S/C15H22BrN3O2/c1-10-12(5-6-13(16)17-10)18-11-7-8-19(9-11)14(20)21-15(2,3)4/h5-6,11,18H,7-9H2,1-4H3. The average molecular weight is 356 g/mol. The van der Waals surface area contributed by atoms with Gasteiger partial charge in [-0.3, -0.25) is 0 Å². The molecule has 0 aromatic carbocycles. The highest BCUT2D eigenvalue weighted by Crippen LogP contribution is 2.21. The van der Waals surface area contributed by atoms with Gasteiger partial charge in [0.15, 0.2) is 0 Å². The number of nitrogens with zero attached hydrogens (tertiary/aromatic N) is 2. The number of pyridine rings is 1. The van der Waals surface area contributed by atoms with Gasteiger partial charge >= 0.3 is 6.09 Å². The summed E-state index contributed by atoms with van der Waals surface area (Å²) in [5.41, 5.74) is 1.50. The van der Waals surface area contributed by atoms with Crippen molar-refractivity contribution in [2.24, 2.45) is 0 Å². The molecular formula is C15H22BrN3O2. The van der Waals surface area contributed by atoms with Crippen LogP contribution in [0, 0.1) is 6.92 Å². The topological polar surface area (TPSA) is 54.5 Å². The fourth-order valence-corrected chi connectivity index (χ4v) is 2.67. The monoisotopic (exact) mass is 355 g/mol. The first kappa shape index (κ1) is 16.1. The lowest BCUT2D eigenvalue weighted by molar-refractivity contribution is 0.0293. The van der Waals surface area contributed by atoms with E-state index in [9.17, 15) is 4.79 Å². The summed E-state index contributed by atoms with van der Waals surface area (Å²) in [6.45, 7) is 8.99. The predicted octanol–water partition coefficient (Wildman–Crippen LogP) is 3.57. The number of aromatic nitrogens is 1. The van der Waals surface area contributed by atoms with E-state index in [0.717, 1.165) is 29.0 Å². The highest BCUT2D eigenvalue weighted by Gasteiger charge is 2.29.